The van der Waals surface area contributed by atoms with Gasteiger partial charge in [0.05, 0.1) is 33.9 Å². The van der Waals surface area contributed by atoms with E-state index in [-0.39, 0.29) is 84.7 Å². The molecule has 0 bridgehead atoms. The number of nitrogens with one attached hydrogen (secondary N) is 1. The smallest absolute Gasteiger partial charge is 0.423 e. The Bertz CT molecular complexity index is 3680. The van der Waals surface area contributed by atoms with Crippen LogP contribution in [-0.2, 0) is 35.8 Å². The average molecular weight is 1130 g/mol. The van der Waals surface area contributed by atoms with Crippen molar-refractivity contribution in [2.75, 3.05) is 0 Å². The van der Waals surface area contributed by atoms with Crippen LogP contribution in [0.3, 0.4) is 0 Å². The minimum atomic E-state index is -1.78. The molecule has 84 heavy (non-hydrogen) atoms. The fourth-order valence-electron chi connectivity index (χ4n) is 10.3. The molecule has 4 heterocycles. The van der Waals surface area contributed by atoms with Crippen LogP contribution in [0.15, 0.2) is 195 Å². The van der Waals surface area contributed by atoms with E-state index >= 15 is 0 Å². The maximum absolute atomic E-state index is 14.8. The van der Waals surface area contributed by atoms with Crippen LogP contribution in [0.5, 0.6) is 0 Å². The van der Waals surface area contributed by atoms with Gasteiger partial charge in [0.25, 0.3) is 5.91 Å². The Morgan fingerprint density at radius 1 is 0.452 bits per heavy atom. The Labute approximate surface area is 489 Å². The van der Waals surface area contributed by atoms with E-state index in [0.29, 0.717) is 86.8 Å². The number of carbonyl (C=O) groups excluding carboxylic acids is 4. The molecule has 21 heteroatoms. The zero-order chi connectivity index (χ0) is 59.9. The van der Waals surface area contributed by atoms with E-state index in [1.54, 1.807) is 132 Å². The molecule has 9 N–H and O–H groups in total. The van der Waals surface area contributed by atoms with Gasteiger partial charge in [-0.3, -0.25) is 19.2 Å². The Balaban J connectivity index is 1.12. The van der Waals surface area contributed by atoms with Gasteiger partial charge in [-0.25, -0.2) is 9.13 Å². The predicted octanol–water partition coefficient (Wildman–Crippen LogP) is 0.509. The number of rotatable bonds is 28. The van der Waals surface area contributed by atoms with Gasteiger partial charge in [0.1, 0.15) is 5.56 Å². The first-order chi connectivity index (χ1) is 40.4. The summed E-state index contributed by atoms with van der Waals surface area (Å²) in [5.41, 5.74) is 7.23. The largest absolute Gasteiger partial charge is 0.488 e. The third-order valence-electron chi connectivity index (χ3n) is 14.7. The number of carbonyl (C=O) groups is 4. The normalized spacial score (nSPS) is 11.4. The highest BCUT2D eigenvalue weighted by atomic mass is 16.4. The first kappa shape index (κ1) is 61.7. The molecule has 0 saturated carbocycles. The minimum Gasteiger partial charge on any atom is -0.423 e. The summed E-state index contributed by atoms with van der Waals surface area (Å²) in [6.45, 7) is 6.21. The number of unbranched alkanes of at least 4 members (excludes halogenated alkanes) is 2. The zero-order valence-electron chi connectivity index (χ0n) is 46.7. The zero-order valence-corrected chi connectivity index (χ0v) is 46.7. The van der Waals surface area contributed by atoms with Crippen molar-refractivity contribution >= 4 is 73.6 Å². The number of ketones is 3. The van der Waals surface area contributed by atoms with Crippen LogP contribution in [-0.4, -0.2) is 98.0 Å². The quantitative estimate of drug-likeness (QED) is 0.0107. The molecule has 1 unspecified atom stereocenters. The summed E-state index contributed by atoms with van der Waals surface area (Å²) in [5, 5.41) is 84.5. The van der Waals surface area contributed by atoms with Crippen LogP contribution in [0.2, 0.25) is 0 Å². The van der Waals surface area contributed by atoms with Gasteiger partial charge in [0.15, 0.2) is 93.1 Å². The Morgan fingerprint density at radius 3 is 1.26 bits per heavy atom. The highest BCUT2D eigenvalue weighted by molar-refractivity contribution is 6.60. The molecule has 0 aliphatic rings. The third-order valence-corrected chi connectivity index (χ3v) is 14.7. The first-order valence-electron chi connectivity index (χ1n) is 27.8. The van der Waals surface area contributed by atoms with Gasteiger partial charge < -0.3 is 45.5 Å². The fraction of sp³-hybridized carbons (Fsp3) is 0.206. The summed E-state index contributed by atoms with van der Waals surface area (Å²) < 4.78 is 7.25. The maximum Gasteiger partial charge on any atom is 0.488 e. The number of Topliss-reactive ketones (excluding diaryl/α,β-unsaturated/α-hetero) is 3. The van der Waals surface area contributed by atoms with E-state index in [2.05, 4.69) is 11.9 Å². The van der Waals surface area contributed by atoms with E-state index in [0.717, 1.165) is 0 Å². The summed E-state index contributed by atoms with van der Waals surface area (Å²) in [7, 11) is -6.91. The van der Waals surface area contributed by atoms with Crippen LogP contribution in [0.25, 0.3) is 22.3 Å². The van der Waals surface area contributed by atoms with Crippen molar-refractivity contribution in [3.05, 3.63) is 229 Å². The molecule has 0 saturated heterocycles. The summed E-state index contributed by atoms with van der Waals surface area (Å²) in [6.07, 6.45) is 15.8. The van der Waals surface area contributed by atoms with Crippen molar-refractivity contribution in [1.29, 1.82) is 0 Å². The van der Waals surface area contributed by atoms with Gasteiger partial charge >= 0.3 is 28.5 Å². The van der Waals surface area contributed by atoms with Crippen molar-refractivity contribution in [3.63, 3.8) is 0 Å². The number of benzene rings is 4. The molecule has 0 spiro atoms. The second-order valence-corrected chi connectivity index (χ2v) is 21.0. The number of hydrogen-bond donors (Lipinski definition) is 9. The average Bonchev–Trinajstić information content (AvgIpc) is 3.67. The molecular weight excluding hydrogens is 1060 g/mol. The van der Waals surface area contributed by atoms with Crippen LogP contribution < -0.4 is 45.4 Å². The molecule has 0 aliphatic carbocycles. The van der Waals surface area contributed by atoms with Crippen molar-refractivity contribution in [2.45, 2.75) is 84.1 Å². The lowest BCUT2D eigenvalue weighted by Gasteiger charge is -2.18. The molecule has 0 aliphatic heterocycles. The number of hydrogen-bond acceptors (Lipinski definition) is 12. The number of pyridine rings is 4. The lowest BCUT2D eigenvalue weighted by atomic mass is 9.77. The summed E-state index contributed by atoms with van der Waals surface area (Å²) in [4.78, 5) is 56.4. The van der Waals surface area contributed by atoms with Gasteiger partial charge in [-0.05, 0) is 77.9 Å². The second kappa shape index (κ2) is 29.2. The van der Waals surface area contributed by atoms with Crippen molar-refractivity contribution in [2.24, 2.45) is 0 Å². The molecule has 4 aromatic heterocycles. The summed E-state index contributed by atoms with van der Waals surface area (Å²) in [6, 6.07) is 37.2. The summed E-state index contributed by atoms with van der Waals surface area (Å²) >= 11 is 0. The highest BCUT2D eigenvalue weighted by Crippen LogP contribution is 2.22. The molecule has 8 aromatic rings. The standard InChI is InChI=1S/C63H66B4N5O12/c1-44(2)60(73)26-4-3-5-27-62(75)59(68-63(76)54-33-52(41-72(43-54)39-50-19-9-13-25-58(50)67(83)84)46-21-15-31-70(35-46)37-48-17-7-11-23-56(48)65(79)80)28-29-61(74)53-32-51(40-71(42-53)38-49-18-8-12-24-57(49)66(81)82)45-20-14-30-69(34-45)36-47-16-6-10-22-55(47)64(77)78/h6-25,30-35,40-43,59,77-84H,1,3-5,26-29,36-39H2,2H3/q+3/p+1. The first-order valence-corrected chi connectivity index (χ1v) is 27.8. The molecule has 424 valence electrons. The Kier molecular flexibility index (Phi) is 21.5. The number of allylic oxidation sites excluding steroid dienone is 1. The maximum atomic E-state index is 14.8. The molecule has 1 atom stereocenters. The lowest BCUT2D eigenvalue weighted by molar-refractivity contribution is -0.689. The molecule has 1 amide bonds. The molecule has 0 fully saturated rings. The van der Waals surface area contributed by atoms with E-state index in [1.165, 1.54) is 0 Å². The SMILES string of the molecule is C=C(C)C(=O)CCCCCC(=O)C(CCC(=O)c1cc(-c2ccc[n+](Cc3ccccc3B(O)O)c2)c[n+](Cc2ccccc2B(O)O)c1)NC(=O)c1cc(-c2ccc[n+](Cc3ccccc3B(O)O)c2)c[n+](Cc2ccccc2B(O)O)c1. The number of nitrogens with zero attached hydrogens (tertiary/aromatic N) is 4. The number of aromatic nitrogens is 4. The summed E-state index contributed by atoms with van der Waals surface area (Å²) in [5.74, 6) is -1.35. The molecule has 4 aromatic carbocycles. The van der Waals surface area contributed by atoms with Gasteiger partial charge in [0, 0.05) is 53.6 Å². The van der Waals surface area contributed by atoms with E-state index in [9.17, 15) is 59.4 Å². The van der Waals surface area contributed by atoms with Crippen molar-refractivity contribution < 1.29 is 77.6 Å². The van der Waals surface area contributed by atoms with Gasteiger partial charge in [-0.15, -0.1) is 0 Å². The third kappa shape index (κ3) is 16.7. The Hall–Kier alpha value is -8.36. The van der Waals surface area contributed by atoms with Crippen LogP contribution >= 0.6 is 0 Å². The van der Waals surface area contributed by atoms with Gasteiger partial charge in [-0.1, -0.05) is 110 Å². The molecular formula is C63H67B4N5O12+4. The van der Waals surface area contributed by atoms with Crippen molar-refractivity contribution in [3.8, 4) is 22.3 Å². The molecule has 17 nitrogen and oxygen atoms in total. The van der Waals surface area contributed by atoms with E-state index < -0.39 is 40.4 Å². The monoisotopic (exact) mass is 1130 g/mol. The Morgan fingerprint density at radius 2 is 0.833 bits per heavy atom. The molecule has 0 radical (unpaired) electrons. The second-order valence-electron chi connectivity index (χ2n) is 21.0. The van der Waals surface area contributed by atoms with Crippen LogP contribution in [0, 0.1) is 0 Å². The lowest BCUT2D eigenvalue weighted by Crippen LogP contribution is -2.44. The topological polar surface area (TPSA) is 258 Å². The van der Waals surface area contributed by atoms with E-state index in [4.69, 9.17) is 0 Å². The predicted molar refractivity (Wildman–Crippen MR) is 319 cm³/mol. The van der Waals surface area contributed by atoms with E-state index in [1.807, 2.05) is 76.6 Å². The van der Waals surface area contributed by atoms with Gasteiger partial charge in [-0.2, -0.15) is 9.13 Å². The highest BCUT2D eigenvalue weighted by Gasteiger charge is 2.28. The van der Waals surface area contributed by atoms with Crippen LogP contribution in [0.1, 0.15) is 94.8 Å². The number of amides is 1. The van der Waals surface area contributed by atoms with Gasteiger partial charge in [0.2, 0.25) is 0 Å². The van der Waals surface area contributed by atoms with Crippen molar-refractivity contribution in [1.82, 2.24) is 5.32 Å². The minimum absolute atomic E-state index is 0.0442. The fourth-order valence-corrected chi connectivity index (χ4v) is 10.3. The van der Waals surface area contributed by atoms with Crippen LogP contribution in [0.4, 0.5) is 0 Å². The molecule has 8 rings (SSSR count).